The van der Waals surface area contributed by atoms with Crippen LogP contribution < -0.4 is 0 Å². The fourth-order valence-corrected chi connectivity index (χ4v) is 2.50. The van der Waals surface area contributed by atoms with Crippen molar-refractivity contribution in [2.24, 2.45) is 0 Å². The van der Waals surface area contributed by atoms with E-state index in [1.54, 1.807) is 0 Å². The van der Waals surface area contributed by atoms with Crippen LogP contribution in [0, 0.1) is 5.82 Å². The third kappa shape index (κ3) is 2.08. The first-order valence-corrected chi connectivity index (χ1v) is 5.76. The molecule has 0 radical (unpaired) electrons. The van der Waals surface area contributed by atoms with Gasteiger partial charge < -0.3 is 10.2 Å². The van der Waals surface area contributed by atoms with Gasteiger partial charge in [-0.25, -0.2) is 4.39 Å². The van der Waals surface area contributed by atoms with Gasteiger partial charge in [-0.3, -0.25) is 0 Å². The zero-order valence-corrected chi connectivity index (χ0v) is 9.54. The van der Waals surface area contributed by atoms with Gasteiger partial charge in [0.25, 0.3) is 0 Å². The van der Waals surface area contributed by atoms with E-state index >= 15 is 0 Å². The van der Waals surface area contributed by atoms with Gasteiger partial charge in [-0.15, -0.1) is 0 Å². The third-order valence-electron chi connectivity index (χ3n) is 3.23. The Balaban J connectivity index is 2.32. The molecule has 1 atom stereocenters. The number of halogens is 2. The Hall–Kier alpha value is -0.640. The minimum atomic E-state index is -1.16. The molecule has 0 aliphatic heterocycles. The number of hydrogen-bond acceptors (Lipinski definition) is 2. The molecule has 16 heavy (non-hydrogen) atoms. The zero-order chi connectivity index (χ0) is 11.8. The summed E-state index contributed by atoms with van der Waals surface area (Å²) in [4.78, 5) is 0. The van der Waals surface area contributed by atoms with Crippen LogP contribution in [-0.4, -0.2) is 15.8 Å². The van der Waals surface area contributed by atoms with Crippen LogP contribution >= 0.6 is 11.6 Å². The van der Waals surface area contributed by atoms with Crippen LogP contribution in [0.15, 0.2) is 18.2 Å². The van der Waals surface area contributed by atoms with Crippen molar-refractivity contribution in [2.75, 3.05) is 0 Å². The molecule has 0 bridgehead atoms. The summed E-state index contributed by atoms with van der Waals surface area (Å²) in [7, 11) is 0. The smallest absolute Gasteiger partial charge is 0.123 e. The predicted octanol–water partition coefficient (Wildman–Crippen LogP) is 2.82. The second-order valence-electron chi connectivity index (χ2n) is 4.38. The van der Waals surface area contributed by atoms with Crippen LogP contribution in [-0.2, 0) is 0 Å². The first kappa shape index (κ1) is 11.8. The fraction of sp³-hybridized carbons (Fsp3) is 0.500. The van der Waals surface area contributed by atoms with Gasteiger partial charge in [-0.1, -0.05) is 24.4 Å². The number of aliphatic hydroxyl groups is 2. The van der Waals surface area contributed by atoms with Crippen molar-refractivity contribution in [1.29, 1.82) is 0 Å². The molecule has 1 aromatic carbocycles. The van der Waals surface area contributed by atoms with E-state index < -0.39 is 17.5 Å². The fourth-order valence-electron chi connectivity index (χ4n) is 2.27. The van der Waals surface area contributed by atoms with Gasteiger partial charge in [-0.2, -0.15) is 0 Å². The van der Waals surface area contributed by atoms with Gasteiger partial charge in [0.2, 0.25) is 0 Å². The molecule has 1 aliphatic rings. The second-order valence-corrected chi connectivity index (χ2v) is 4.79. The normalized spacial score (nSPS) is 21.0. The van der Waals surface area contributed by atoms with Crippen molar-refractivity contribution in [2.45, 2.75) is 37.4 Å². The van der Waals surface area contributed by atoms with Gasteiger partial charge in [0.15, 0.2) is 0 Å². The van der Waals surface area contributed by atoms with E-state index in [0.717, 1.165) is 12.8 Å². The monoisotopic (exact) mass is 244 g/mol. The van der Waals surface area contributed by atoms with Crippen LogP contribution in [0.2, 0.25) is 5.02 Å². The standard InChI is InChI=1S/C12H14ClFO2/c13-10-4-3-8(14)7-9(10)11(15)12(16)5-1-2-6-12/h3-4,7,11,15-16H,1-2,5-6H2. The zero-order valence-electron chi connectivity index (χ0n) is 8.79. The maximum atomic E-state index is 13.1. The van der Waals surface area contributed by atoms with Gasteiger partial charge in [-0.05, 0) is 31.0 Å². The predicted molar refractivity (Wildman–Crippen MR) is 59.8 cm³/mol. The average Bonchev–Trinajstić information content (AvgIpc) is 2.69. The lowest BCUT2D eigenvalue weighted by atomic mass is 9.89. The molecule has 0 saturated heterocycles. The van der Waals surface area contributed by atoms with Crippen molar-refractivity contribution >= 4 is 11.6 Å². The highest BCUT2D eigenvalue weighted by Gasteiger charge is 2.40. The topological polar surface area (TPSA) is 40.5 Å². The minimum absolute atomic E-state index is 0.270. The van der Waals surface area contributed by atoms with Crippen molar-refractivity contribution < 1.29 is 14.6 Å². The Morgan fingerprint density at radius 1 is 1.31 bits per heavy atom. The van der Waals surface area contributed by atoms with E-state index in [0.29, 0.717) is 12.8 Å². The molecule has 1 aliphatic carbocycles. The van der Waals surface area contributed by atoms with Crippen molar-refractivity contribution in [3.63, 3.8) is 0 Å². The maximum absolute atomic E-state index is 13.1. The highest BCUT2D eigenvalue weighted by molar-refractivity contribution is 6.31. The summed E-state index contributed by atoms with van der Waals surface area (Å²) in [5.74, 6) is -0.458. The van der Waals surface area contributed by atoms with Gasteiger partial charge in [0, 0.05) is 10.6 Å². The van der Waals surface area contributed by atoms with E-state index in [4.69, 9.17) is 11.6 Å². The summed E-state index contributed by atoms with van der Waals surface area (Å²) < 4.78 is 13.1. The minimum Gasteiger partial charge on any atom is -0.387 e. The summed E-state index contributed by atoms with van der Waals surface area (Å²) in [5, 5.41) is 20.6. The molecule has 0 spiro atoms. The van der Waals surface area contributed by atoms with E-state index in [9.17, 15) is 14.6 Å². The Labute approximate surface area is 98.7 Å². The Morgan fingerprint density at radius 3 is 2.56 bits per heavy atom. The number of rotatable bonds is 2. The summed E-state index contributed by atoms with van der Waals surface area (Å²) >= 11 is 5.89. The molecule has 0 aromatic heterocycles. The molecular formula is C12H14ClFO2. The van der Waals surface area contributed by atoms with E-state index in [1.165, 1.54) is 18.2 Å². The third-order valence-corrected chi connectivity index (χ3v) is 3.58. The van der Waals surface area contributed by atoms with Crippen LogP contribution in [0.4, 0.5) is 4.39 Å². The van der Waals surface area contributed by atoms with Gasteiger partial charge in [0.05, 0.1) is 5.60 Å². The highest BCUT2D eigenvalue weighted by Crippen LogP contribution is 2.41. The SMILES string of the molecule is OC(c1cc(F)ccc1Cl)C1(O)CCCC1. The molecule has 2 nitrogen and oxygen atoms in total. The molecule has 1 aromatic rings. The molecular weight excluding hydrogens is 231 g/mol. The van der Waals surface area contributed by atoms with Crippen LogP contribution in [0.3, 0.4) is 0 Å². The molecule has 2 N–H and O–H groups in total. The van der Waals surface area contributed by atoms with Gasteiger partial charge >= 0.3 is 0 Å². The van der Waals surface area contributed by atoms with Crippen molar-refractivity contribution in [3.8, 4) is 0 Å². The highest BCUT2D eigenvalue weighted by atomic mass is 35.5. The summed E-state index contributed by atoms with van der Waals surface area (Å²) in [6.45, 7) is 0. The molecule has 2 rings (SSSR count). The van der Waals surface area contributed by atoms with Crippen LogP contribution in [0.25, 0.3) is 0 Å². The molecule has 0 heterocycles. The molecule has 1 unspecified atom stereocenters. The molecule has 4 heteroatoms. The summed E-state index contributed by atoms with van der Waals surface area (Å²) in [5.41, 5.74) is -0.886. The van der Waals surface area contributed by atoms with Gasteiger partial charge in [0.1, 0.15) is 11.9 Å². The summed E-state index contributed by atoms with van der Waals surface area (Å²) in [6.07, 6.45) is 1.70. The second kappa shape index (κ2) is 4.32. The molecule has 0 amide bonds. The van der Waals surface area contributed by atoms with E-state index in [2.05, 4.69) is 0 Å². The Bertz CT molecular complexity index is 389. The van der Waals surface area contributed by atoms with E-state index in [-0.39, 0.29) is 10.6 Å². The first-order chi connectivity index (χ1) is 7.53. The summed E-state index contributed by atoms with van der Waals surface area (Å²) in [6, 6.07) is 3.81. The van der Waals surface area contributed by atoms with Crippen molar-refractivity contribution in [1.82, 2.24) is 0 Å². The largest absolute Gasteiger partial charge is 0.387 e. The molecule has 1 saturated carbocycles. The number of hydrogen-bond donors (Lipinski definition) is 2. The first-order valence-electron chi connectivity index (χ1n) is 5.38. The lowest BCUT2D eigenvalue weighted by Crippen LogP contribution is -2.33. The van der Waals surface area contributed by atoms with Crippen LogP contribution in [0.1, 0.15) is 37.4 Å². The quantitative estimate of drug-likeness (QED) is 0.840. The Kier molecular flexibility index (Phi) is 3.19. The van der Waals surface area contributed by atoms with Crippen molar-refractivity contribution in [3.05, 3.63) is 34.6 Å². The average molecular weight is 245 g/mol. The van der Waals surface area contributed by atoms with Crippen LogP contribution in [0.5, 0.6) is 0 Å². The molecule has 88 valence electrons. The lowest BCUT2D eigenvalue weighted by molar-refractivity contribution is -0.0719. The number of benzene rings is 1. The number of aliphatic hydroxyl groups excluding tert-OH is 1. The van der Waals surface area contributed by atoms with E-state index in [1.807, 2.05) is 0 Å². The molecule has 1 fully saturated rings. The maximum Gasteiger partial charge on any atom is 0.123 e. The lowest BCUT2D eigenvalue weighted by Gasteiger charge is -2.29. The Morgan fingerprint density at radius 2 is 1.94 bits per heavy atom.